The molecule has 132 valence electrons. The van der Waals surface area contributed by atoms with E-state index in [0.29, 0.717) is 13.3 Å². The van der Waals surface area contributed by atoms with Gasteiger partial charge >= 0.3 is 11.9 Å². The standard InChI is InChI=1S/C14H24F4O4/c1-7-12(3,4)11(19)22-9(2)14(17,18)13(5,10(15)16)21-8-20-6/h9-10H,7-8H2,1-6H3. The summed E-state index contributed by atoms with van der Waals surface area (Å²) in [6.07, 6.45) is -5.23. The molecule has 0 aliphatic heterocycles. The van der Waals surface area contributed by atoms with E-state index in [1.807, 2.05) is 0 Å². The van der Waals surface area contributed by atoms with Crippen LogP contribution in [0, 0.1) is 5.41 Å². The number of hydrogen-bond donors (Lipinski definition) is 0. The van der Waals surface area contributed by atoms with Crippen molar-refractivity contribution in [2.75, 3.05) is 13.9 Å². The minimum atomic E-state index is -4.11. The Morgan fingerprint density at radius 2 is 1.68 bits per heavy atom. The summed E-state index contributed by atoms with van der Waals surface area (Å²) in [4.78, 5) is 11.9. The van der Waals surface area contributed by atoms with Crippen molar-refractivity contribution in [3.05, 3.63) is 0 Å². The van der Waals surface area contributed by atoms with Crippen LogP contribution in [-0.4, -0.2) is 43.9 Å². The smallest absolute Gasteiger partial charge is 0.317 e. The number of hydrogen-bond acceptors (Lipinski definition) is 4. The van der Waals surface area contributed by atoms with Crippen LogP contribution in [0.3, 0.4) is 0 Å². The SMILES string of the molecule is CCC(C)(C)C(=O)OC(C)C(F)(F)C(C)(OCOC)C(F)F. The molecule has 0 bridgehead atoms. The fourth-order valence-corrected chi connectivity index (χ4v) is 1.43. The Morgan fingerprint density at radius 3 is 2.05 bits per heavy atom. The van der Waals surface area contributed by atoms with Crippen LogP contribution >= 0.6 is 0 Å². The summed E-state index contributed by atoms with van der Waals surface area (Å²) >= 11 is 0. The molecule has 0 aliphatic rings. The number of carbonyl (C=O) groups is 1. The quantitative estimate of drug-likeness (QED) is 0.367. The Hall–Kier alpha value is -0.890. The van der Waals surface area contributed by atoms with E-state index in [4.69, 9.17) is 4.74 Å². The molecule has 0 saturated heterocycles. The Kier molecular flexibility index (Phi) is 7.28. The maximum absolute atomic E-state index is 14.4. The zero-order chi connectivity index (χ0) is 17.8. The van der Waals surface area contributed by atoms with E-state index in [0.717, 1.165) is 14.0 Å². The second-order valence-electron chi connectivity index (χ2n) is 5.87. The van der Waals surface area contributed by atoms with Crippen LogP contribution in [0.15, 0.2) is 0 Å². The highest BCUT2D eigenvalue weighted by molar-refractivity contribution is 5.76. The lowest BCUT2D eigenvalue weighted by Crippen LogP contribution is -2.60. The van der Waals surface area contributed by atoms with E-state index >= 15 is 0 Å². The van der Waals surface area contributed by atoms with E-state index in [1.54, 1.807) is 6.92 Å². The minimum absolute atomic E-state index is 0.358. The first kappa shape index (κ1) is 21.1. The molecule has 0 rings (SSSR count). The van der Waals surface area contributed by atoms with Gasteiger partial charge < -0.3 is 14.2 Å². The molecule has 2 unspecified atom stereocenters. The van der Waals surface area contributed by atoms with Crippen LogP contribution in [0.25, 0.3) is 0 Å². The summed E-state index contributed by atoms with van der Waals surface area (Å²) in [5, 5.41) is 0. The molecular formula is C14H24F4O4. The lowest BCUT2D eigenvalue weighted by Gasteiger charge is -2.39. The van der Waals surface area contributed by atoms with Crippen LogP contribution in [-0.2, 0) is 19.0 Å². The first-order chi connectivity index (χ1) is 9.86. The Balaban J connectivity index is 5.28. The first-order valence-electron chi connectivity index (χ1n) is 6.86. The fourth-order valence-electron chi connectivity index (χ4n) is 1.43. The molecule has 22 heavy (non-hydrogen) atoms. The van der Waals surface area contributed by atoms with Crippen LogP contribution in [0.5, 0.6) is 0 Å². The molecule has 0 N–H and O–H groups in total. The number of ether oxygens (including phenoxy) is 3. The number of carbonyl (C=O) groups excluding carboxylic acids is 1. The van der Waals surface area contributed by atoms with Gasteiger partial charge in [0.25, 0.3) is 6.43 Å². The van der Waals surface area contributed by atoms with Gasteiger partial charge in [0.05, 0.1) is 5.41 Å². The van der Waals surface area contributed by atoms with Crippen LogP contribution in [0.4, 0.5) is 17.6 Å². The minimum Gasteiger partial charge on any atom is -0.456 e. The van der Waals surface area contributed by atoms with Crippen LogP contribution < -0.4 is 0 Å². The molecule has 0 fully saturated rings. The van der Waals surface area contributed by atoms with Gasteiger partial charge in [-0.05, 0) is 34.1 Å². The monoisotopic (exact) mass is 332 g/mol. The van der Waals surface area contributed by atoms with Crippen molar-refractivity contribution in [3.63, 3.8) is 0 Å². The van der Waals surface area contributed by atoms with Gasteiger partial charge in [0, 0.05) is 7.11 Å². The highest BCUT2D eigenvalue weighted by Crippen LogP contribution is 2.41. The lowest BCUT2D eigenvalue weighted by molar-refractivity contribution is -0.301. The summed E-state index contributed by atoms with van der Waals surface area (Å²) in [6.45, 7) is 5.42. The van der Waals surface area contributed by atoms with Gasteiger partial charge in [0.15, 0.2) is 11.7 Å². The van der Waals surface area contributed by atoms with Gasteiger partial charge in [-0.25, -0.2) is 8.78 Å². The zero-order valence-corrected chi connectivity index (χ0v) is 13.7. The molecule has 0 saturated carbocycles. The van der Waals surface area contributed by atoms with Gasteiger partial charge in [-0.3, -0.25) is 4.79 Å². The topological polar surface area (TPSA) is 44.8 Å². The van der Waals surface area contributed by atoms with Crippen molar-refractivity contribution >= 4 is 5.97 Å². The van der Waals surface area contributed by atoms with Gasteiger partial charge in [-0.15, -0.1) is 0 Å². The van der Waals surface area contributed by atoms with E-state index in [2.05, 4.69) is 9.47 Å². The molecule has 0 spiro atoms. The maximum atomic E-state index is 14.4. The number of methoxy groups -OCH3 is 1. The number of alkyl halides is 4. The Bertz CT molecular complexity index is 374. The molecular weight excluding hydrogens is 308 g/mol. The third-order valence-electron chi connectivity index (χ3n) is 3.79. The van der Waals surface area contributed by atoms with Crippen LogP contribution in [0.2, 0.25) is 0 Å². The largest absolute Gasteiger partial charge is 0.456 e. The van der Waals surface area contributed by atoms with Gasteiger partial charge in [0.2, 0.25) is 0 Å². The van der Waals surface area contributed by atoms with Crippen molar-refractivity contribution in [1.82, 2.24) is 0 Å². The molecule has 0 aromatic carbocycles. The van der Waals surface area contributed by atoms with E-state index in [9.17, 15) is 22.4 Å². The summed E-state index contributed by atoms with van der Waals surface area (Å²) < 4.78 is 68.5. The second-order valence-corrected chi connectivity index (χ2v) is 5.87. The number of halogens is 4. The normalized spacial score (nSPS) is 17.2. The van der Waals surface area contributed by atoms with Crippen molar-refractivity contribution < 1.29 is 36.6 Å². The maximum Gasteiger partial charge on any atom is 0.317 e. The molecule has 0 heterocycles. The van der Waals surface area contributed by atoms with Crippen LogP contribution in [0.1, 0.15) is 41.0 Å². The highest BCUT2D eigenvalue weighted by Gasteiger charge is 2.62. The van der Waals surface area contributed by atoms with Crippen molar-refractivity contribution in [2.24, 2.45) is 5.41 Å². The molecule has 0 radical (unpaired) electrons. The third-order valence-corrected chi connectivity index (χ3v) is 3.79. The predicted molar refractivity (Wildman–Crippen MR) is 71.9 cm³/mol. The van der Waals surface area contributed by atoms with Crippen molar-refractivity contribution in [1.29, 1.82) is 0 Å². The second kappa shape index (κ2) is 7.59. The molecule has 0 aromatic rings. The van der Waals surface area contributed by atoms with E-state index < -0.39 is 42.2 Å². The van der Waals surface area contributed by atoms with Gasteiger partial charge in [-0.2, -0.15) is 8.78 Å². The van der Waals surface area contributed by atoms with E-state index in [-0.39, 0.29) is 0 Å². The number of esters is 1. The summed E-state index contributed by atoms with van der Waals surface area (Å²) in [5.74, 6) is -5.00. The average molecular weight is 332 g/mol. The summed E-state index contributed by atoms with van der Waals surface area (Å²) in [7, 11) is 1.12. The molecule has 2 atom stereocenters. The molecule has 8 heteroatoms. The lowest BCUT2D eigenvalue weighted by atomic mass is 9.90. The summed E-state index contributed by atoms with van der Waals surface area (Å²) in [5.41, 5.74) is -4.13. The molecule has 0 aromatic heterocycles. The molecule has 4 nitrogen and oxygen atoms in total. The highest BCUT2D eigenvalue weighted by atomic mass is 19.3. The fraction of sp³-hybridized carbons (Fsp3) is 0.929. The van der Waals surface area contributed by atoms with Crippen molar-refractivity contribution in [3.8, 4) is 0 Å². The van der Waals surface area contributed by atoms with E-state index in [1.165, 1.54) is 13.8 Å². The molecule has 0 amide bonds. The molecule has 0 aliphatic carbocycles. The Labute approximate surface area is 128 Å². The van der Waals surface area contributed by atoms with Gasteiger partial charge in [0.1, 0.15) is 6.79 Å². The average Bonchev–Trinajstić information content (AvgIpc) is 2.43. The van der Waals surface area contributed by atoms with Gasteiger partial charge in [-0.1, -0.05) is 6.92 Å². The summed E-state index contributed by atoms with van der Waals surface area (Å²) in [6, 6.07) is 0. The zero-order valence-electron chi connectivity index (χ0n) is 13.7. The predicted octanol–water partition coefficient (Wildman–Crippen LogP) is 3.63. The Morgan fingerprint density at radius 1 is 1.18 bits per heavy atom. The van der Waals surface area contributed by atoms with Crippen molar-refractivity contribution in [2.45, 2.75) is 65.1 Å². The number of rotatable bonds is 9. The third kappa shape index (κ3) is 4.32. The first-order valence-corrected chi connectivity index (χ1v) is 6.86.